The van der Waals surface area contributed by atoms with Crippen molar-refractivity contribution in [3.8, 4) is 11.1 Å². The topological polar surface area (TPSA) is 48.3 Å². The van der Waals surface area contributed by atoms with Gasteiger partial charge in [0.25, 0.3) is 0 Å². The zero-order valence-electron chi connectivity index (χ0n) is 13.4. The van der Waals surface area contributed by atoms with Gasteiger partial charge in [0.1, 0.15) is 5.82 Å². The van der Waals surface area contributed by atoms with E-state index in [1.165, 1.54) is 19.1 Å². The van der Waals surface area contributed by atoms with Crippen LogP contribution in [0.5, 0.6) is 0 Å². The van der Waals surface area contributed by atoms with E-state index in [1.54, 1.807) is 29.0 Å². The van der Waals surface area contributed by atoms with Crippen LogP contribution in [0.25, 0.3) is 22.0 Å². The van der Waals surface area contributed by atoms with Crippen molar-refractivity contribution in [2.24, 2.45) is 0 Å². The van der Waals surface area contributed by atoms with Crippen LogP contribution in [0.2, 0.25) is 0 Å². The Hall–Kier alpha value is -2.95. The summed E-state index contributed by atoms with van der Waals surface area (Å²) < 4.78 is 19.9. The zero-order valence-corrected chi connectivity index (χ0v) is 13.4. The SMILES string of the molecule is CC(=O)OCn1cc(-c2ccc(F)cc2)c(=O)c2ccc(C)cc21. The van der Waals surface area contributed by atoms with Crippen molar-refractivity contribution < 1.29 is 13.9 Å². The first-order valence-electron chi connectivity index (χ1n) is 7.49. The van der Waals surface area contributed by atoms with Gasteiger partial charge in [-0.3, -0.25) is 9.59 Å². The molecule has 2 aromatic carbocycles. The van der Waals surface area contributed by atoms with E-state index >= 15 is 0 Å². The fourth-order valence-corrected chi connectivity index (χ4v) is 2.60. The number of aromatic nitrogens is 1. The van der Waals surface area contributed by atoms with Crippen LogP contribution in [0.15, 0.2) is 53.5 Å². The van der Waals surface area contributed by atoms with Gasteiger partial charge < -0.3 is 9.30 Å². The fraction of sp³-hybridized carbons (Fsp3) is 0.158. The second-order valence-corrected chi connectivity index (χ2v) is 5.63. The summed E-state index contributed by atoms with van der Waals surface area (Å²) in [6, 6.07) is 11.2. The molecule has 0 aliphatic heterocycles. The quantitative estimate of drug-likeness (QED) is 0.691. The summed E-state index contributed by atoms with van der Waals surface area (Å²) in [6.07, 6.45) is 1.64. The minimum absolute atomic E-state index is 0.00373. The molecule has 1 heterocycles. The first kappa shape index (κ1) is 15.9. The Bertz CT molecular complexity index is 974. The molecule has 4 nitrogen and oxygen atoms in total. The molecule has 0 unspecified atom stereocenters. The molecule has 3 aromatic rings. The lowest BCUT2D eigenvalue weighted by Crippen LogP contribution is -2.14. The standard InChI is InChI=1S/C19H16FNO3/c1-12-3-8-16-18(9-12)21(11-24-13(2)22)10-17(19(16)23)14-4-6-15(20)7-5-14/h3-10H,11H2,1-2H3. The molecule has 0 aliphatic carbocycles. The second-order valence-electron chi connectivity index (χ2n) is 5.63. The smallest absolute Gasteiger partial charge is 0.304 e. The molecule has 122 valence electrons. The summed E-state index contributed by atoms with van der Waals surface area (Å²) in [6.45, 7) is 3.26. The van der Waals surface area contributed by atoms with E-state index in [9.17, 15) is 14.0 Å². The van der Waals surface area contributed by atoms with Crippen LogP contribution in [0.1, 0.15) is 12.5 Å². The van der Waals surface area contributed by atoms with Crippen molar-refractivity contribution in [3.05, 3.63) is 70.3 Å². The van der Waals surface area contributed by atoms with Crippen molar-refractivity contribution in [2.75, 3.05) is 0 Å². The average Bonchev–Trinajstić information content (AvgIpc) is 2.55. The first-order valence-corrected chi connectivity index (χ1v) is 7.49. The maximum atomic E-state index is 13.1. The maximum absolute atomic E-state index is 13.1. The molecule has 0 radical (unpaired) electrons. The van der Waals surface area contributed by atoms with Crippen LogP contribution in [0.4, 0.5) is 4.39 Å². The Morgan fingerprint density at radius 1 is 1.17 bits per heavy atom. The van der Waals surface area contributed by atoms with E-state index in [0.29, 0.717) is 22.0 Å². The number of hydrogen-bond acceptors (Lipinski definition) is 3. The Kier molecular flexibility index (Phi) is 4.16. The number of esters is 1. The lowest BCUT2D eigenvalue weighted by atomic mass is 10.0. The number of ether oxygens (including phenoxy) is 1. The number of hydrogen-bond donors (Lipinski definition) is 0. The monoisotopic (exact) mass is 325 g/mol. The molecular weight excluding hydrogens is 309 g/mol. The summed E-state index contributed by atoms with van der Waals surface area (Å²) in [4.78, 5) is 23.9. The van der Waals surface area contributed by atoms with Crippen molar-refractivity contribution in [1.82, 2.24) is 4.57 Å². The van der Waals surface area contributed by atoms with Gasteiger partial charge in [0.2, 0.25) is 0 Å². The lowest BCUT2D eigenvalue weighted by molar-refractivity contribution is -0.144. The van der Waals surface area contributed by atoms with Crippen LogP contribution in [0, 0.1) is 12.7 Å². The molecule has 0 spiro atoms. The molecule has 0 fully saturated rings. The van der Waals surface area contributed by atoms with E-state index in [4.69, 9.17) is 4.74 Å². The number of fused-ring (bicyclic) bond motifs is 1. The van der Waals surface area contributed by atoms with Gasteiger partial charge in [0.05, 0.1) is 5.52 Å². The Morgan fingerprint density at radius 2 is 1.88 bits per heavy atom. The first-order chi connectivity index (χ1) is 11.5. The summed E-state index contributed by atoms with van der Waals surface area (Å²) >= 11 is 0. The molecule has 24 heavy (non-hydrogen) atoms. The van der Waals surface area contributed by atoms with Gasteiger partial charge in [0, 0.05) is 24.1 Å². The van der Waals surface area contributed by atoms with E-state index in [1.807, 2.05) is 19.1 Å². The van der Waals surface area contributed by atoms with Gasteiger partial charge in [-0.05, 0) is 42.3 Å². The number of halogens is 1. The molecule has 0 saturated heterocycles. The minimum atomic E-state index is -0.405. The van der Waals surface area contributed by atoms with E-state index < -0.39 is 5.97 Å². The summed E-state index contributed by atoms with van der Waals surface area (Å²) in [7, 11) is 0. The van der Waals surface area contributed by atoms with Crippen LogP contribution in [-0.2, 0) is 16.3 Å². The van der Waals surface area contributed by atoms with Gasteiger partial charge in [-0.2, -0.15) is 0 Å². The molecule has 0 amide bonds. The predicted octanol–water partition coefficient (Wildman–Crippen LogP) is 3.64. The third kappa shape index (κ3) is 3.06. The molecule has 1 aromatic heterocycles. The largest absolute Gasteiger partial charge is 0.444 e. The molecule has 0 atom stereocenters. The number of aryl methyl sites for hydroxylation is 1. The van der Waals surface area contributed by atoms with E-state index in [2.05, 4.69) is 0 Å². The van der Waals surface area contributed by atoms with Crippen molar-refractivity contribution in [2.45, 2.75) is 20.6 Å². The second kappa shape index (κ2) is 6.28. The van der Waals surface area contributed by atoms with Gasteiger partial charge >= 0.3 is 5.97 Å². The van der Waals surface area contributed by atoms with Crippen LogP contribution < -0.4 is 5.43 Å². The highest BCUT2D eigenvalue weighted by Crippen LogP contribution is 2.21. The normalized spacial score (nSPS) is 10.8. The van der Waals surface area contributed by atoms with Gasteiger partial charge in [0.15, 0.2) is 12.2 Å². The molecule has 5 heteroatoms. The highest BCUT2D eigenvalue weighted by molar-refractivity contribution is 5.84. The molecule has 3 rings (SSSR count). The third-order valence-corrected chi connectivity index (χ3v) is 3.80. The number of rotatable bonds is 3. The maximum Gasteiger partial charge on any atom is 0.304 e. The average molecular weight is 325 g/mol. The van der Waals surface area contributed by atoms with Crippen molar-refractivity contribution >= 4 is 16.9 Å². The van der Waals surface area contributed by atoms with E-state index in [0.717, 1.165) is 5.56 Å². The van der Waals surface area contributed by atoms with Gasteiger partial charge in [-0.15, -0.1) is 0 Å². The molecule has 0 N–H and O–H groups in total. The predicted molar refractivity (Wildman–Crippen MR) is 90.1 cm³/mol. The minimum Gasteiger partial charge on any atom is -0.444 e. The van der Waals surface area contributed by atoms with E-state index in [-0.39, 0.29) is 18.0 Å². The Morgan fingerprint density at radius 3 is 2.54 bits per heavy atom. The van der Waals surface area contributed by atoms with Crippen molar-refractivity contribution in [3.63, 3.8) is 0 Å². The van der Waals surface area contributed by atoms with Crippen LogP contribution >= 0.6 is 0 Å². The van der Waals surface area contributed by atoms with Crippen LogP contribution in [-0.4, -0.2) is 10.5 Å². The number of carbonyl (C=O) groups excluding carboxylic acids is 1. The molecule has 0 bridgehead atoms. The summed E-state index contributed by atoms with van der Waals surface area (Å²) in [5.74, 6) is -0.770. The fourth-order valence-electron chi connectivity index (χ4n) is 2.60. The van der Waals surface area contributed by atoms with Gasteiger partial charge in [-0.1, -0.05) is 18.2 Å². The Balaban J connectivity index is 2.25. The zero-order chi connectivity index (χ0) is 17.3. The number of nitrogens with zero attached hydrogens (tertiary/aromatic N) is 1. The highest BCUT2D eigenvalue weighted by Gasteiger charge is 2.12. The third-order valence-electron chi connectivity index (χ3n) is 3.80. The lowest BCUT2D eigenvalue weighted by Gasteiger charge is -2.14. The molecule has 0 saturated carbocycles. The number of carbonyl (C=O) groups is 1. The van der Waals surface area contributed by atoms with Crippen molar-refractivity contribution in [1.29, 1.82) is 0 Å². The summed E-state index contributed by atoms with van der Waals surface area (Å²) in [5, 5.41) is 0.523. The molecular formula is C19H16FNO3. The number of benzene rings is 2. The molecule has 0 aliphatic rings. The van der Waals surface area contributed by atoms with Crippen LogP contribution in [0.3, 0.4) is 0 Å². The Labute approximate surface area is 138 Å². The van der Waals surface area contributed by atoms with Gasteiger partial charge in [-0.25, -0.2) is 4.39 Å². The highest BCUT2D eigenvalue weighted by atomic mass is 19.1. The summed E-state index contributed by atoms with van der Waals surface area (Å²) in [5.41, 5.74) is 2.58. The number of pyridine rings is 1.